The van der Waals surface area contributed by atoms with Gasteiger partial charge in [0.05, 0.1) is 25.8 Å². The normalized spacial score (nSPS) is 16.6. The van der Waals surface area contributed by atoms with Gasteiger partial charge in [-0.2, -0.15) is 0 Å². The van der Waals surface area contributed by atoms with E-state index in [-0.39, 0.29) is 18.2 Å². The average molecular weight is 341 g/mol. The number of amides is 2. The van der Waals surface area contributed by atoms with Crippen LogP contribution in [-0.4, -0.2) is 37.6 Å². The van der Waals surface area contributed by atoms with Gasteiger partial charge in [-0.15, -0.1) is 0 Å². The number of ether oxygens (including phenoxy) is 2. The molecule has 1 aromatic heterocycles. The highest BCUT2D eigenvalue weighted by Crippen LogP contribution is 2.36. The van der Waals surface area contributed by atoms with Crippen molar-refractivity contribution in [1.29, 1.82) is 0 Å². The van der Waals surface area contributed by atoms with Crippen LogP contribution >= 0.6 is 0 Å². The fraction of sp³-hybridized carbons (Fsp3) is 0.278. The zero-order valence-electron chi connectivity index (χ0n) is 14.1. The Morgan fingerprint density at radius 3 is 2.64 bits per heavy atom. The summed E-state index contributed by atoms with van der Waals surface area (Å²) in [5.41, 5.74) is 1.26. The minimum absolute atomic E-state index is 0.124. The Hall–Kier alpha value is -3.09. The molecular formula is C18H19N3O4. The van der Waals surface area contributed by atoms with Crippen molar-refractivity contribution in [2.75, 3.05) is 31.0 Å². The summed E-state index contributed by atoms with van der Waals surface area (Å²) in [6, 6.07) is 8.65. The molecule has 1 saturated heterocycles. The van der Waals surface area contributed by atoms with E-state index in [2.05, 4.69) is 10.3 Å². The molecule has 0 radical (unpaired) electrons. The van der Waals surface area contributed by atoms with Gasteiger partial charge in [0.2, 0.25) is 11.8 Å². The summed E-state index contributed by atoms with van der Waals surface area (Å²) >= 11 is 0. The Morgan fingerprint density at radius 2 is 1.96 bits per heavy atom. The standard InChI is InChI=1S/C18H19N3O4/c1-24-14-3-4-16(25-2)15(10-14)21-11-12(9-17(21)22)18(23)20-13-5-7-19-8-6-13/h3-8,10,12H,9,11H2,1-2H3,(H,19,20,23)/t12-/m0/s1. The van der Waals surface area contributed by atoms with Crippen molar-refractivity contribution >= 4 is 23.2 Å². The Balaban J connectivity index is 1.77. The first-order valence-corrected chi connectivity index (χ1v) is 7.85. The van der Waals surface area contributed by atoms with Gasteiger partial charge in [-0.1, -0.05) is 0 Å². The Labute approximate surface area is 145 Å². The van der Waals surface area contributed by atoms with Crippen LogP contribution in [-0.2, 0) is 9.59 Å². The molecule has 0 aliphatic carbocycles. The Kier molecular flexibility index (Phi) is 4.83. The number of hydrogen-bond donors (Lipinski definition) is 1. The van der Waals surface area contributed by atoms with Crippen molar-refractivity contribution in [3.63, 3.8) is 0 Å². The number of rotatable bonds is 5. The molecule has 3 rings (SSSR count). The molecule has 7 nitrogen and oxygen atoms in total. The minimum atomic E-state index is -0.434. The van der Waals surface area contributed by atoms with Gasteiger partial charge in [-0.25, -0.2) is 0 Å². The molecular weight excluding hydrogens is 322 g/mol. The number of carbonyl (C=O) groups excluding carboxylic acids is 2. The largest absolute Gasteiger partial charge is 0.497 e. The fourth-order valence-electron chi connectivity index (χ4n) is 2.80. The summed E-state index contributed by atoms with van der Waals surface area (Å²) in [5.74, 6) is 0.430. The number of benzene rings is 1. The molecule has 1 aliphatic rings. The third-order valence-electron chi connectivity index (χ3n) is 4.12. The molecule has 0 saturated carbocycles. The predicted molar refractivity (Wildman–Crippen MR) is 92.9 cm³/mol. The van der Waals surface area contributed by atoms with E-state index < -0.39 is 5.92 Å². The van der Waals surface area contributed by atoms with E-state index in [4.69, 9.17) is 9.47 Å². The zero-order chi connectivity index (χ0) is 17.8. The molecule has 1 aromatic carbocycles. The lowest BCUT2D eigenvalue weighted by Gasteiger charge is -2.20. The minimum Gasteiger partial charge on any atom is -0.497 e. The average Bonchev–Trinajstić information content (AvgIpc) is 3.03. The lowest BCUT2D eigenvalue weighted by molar-refractivity contribution is -0.122. The number of nitrogens with zero attached hydrogens (tertiary/aromatic N) is 2. The second kappa shape index (κ2) is 7.21. The SMILES string of the molecule is COc1ccc(OC)c(N2C[C@@H](C(=O)Nc3ccncc3)CC2=O)c1. The molecule has 25 heavy (non-hydrogen) atoms. The number of nitrogens with one attached hydrogen (secondary N) is 1. The topological polar surface area (TPSA) is 80.8 Å². The van der Waals surface area contributed by atoms with Gasteiger partial charge < -0.3 is 19.7 Å². The second-order valence-electron chi connectivity index (χ2n) is 5.67. The van der Waals surface area contributed by atoms with E-state index in [9.17, 15) is 9.59 Å². The smallest absolute Gasteiger partial charge is 0.229 e. The summed E-state index contributed by atoms with van der Waals surface area (Å²) in [6.45, 7) is 0.291. The van der Waals surface area contributed by atoms with Gasteiger partial charge in [-0.3, -0.25) is 14.6 Å². The summed E-state index contributed by atoms with van der Waals surface area (Å²) in [7, 11) is 3.10. The first-order chi connectivity index (χ1) is 12.1. The van der Waals surface area contributed by atoms with Crippen molar-refractivity contribution in [3.8, 4) is 11.5 Å². The number of hydrogen-bond acceptors (Lipinski definition) is 5. The van der Waals surface area contributed by atoms with Crippen molar-refractivity contribution < 1.29 is 19.1 Å². The van der Waals surface area contributed by atoms with Crippen molar-refractivity contribution in [1.82, 2.24) is 4.98 Å². The summed E-state index contributed by atoms with van der Waals surface area (Å²) in [5, 5.41) is 2.81. The van der Waals surface area contributed by atoms with Crippen LogP contribution in [0.4, 0.5) is 11.4 Å². The highest BCUT2D eigenvalue weighted by molar-refractivity contribution is 6.04. The monoisotopic (exact) mass is 341 g/mol. The predicted octanol–water partition coefficient (Wildman–Crippen LogP) is 2.09. The van der Waals surface area contributed by atoms with Crippen LogP contribution in [0, 0.1) is 5.92 Å². The third-order valence-corrected chi connectivity index (χ3v) is 4.12. The molecule has 1 N–H and O–H groups in total. The van der Waals surface area contributed by atoms with Crippen molar-refractivity contribution in [2.24, 2.45) is 5.92 Å². The summed E-state index contributed by atoms with van der Waals surface area (Å²) < 4.78 is 10.6. The van der Waals surface area contributed by atoms with E-state index >= 15 is 0 Å². The molecule has 1 fully saturated rings. The van der Waals surface area contributed by atoms with E-state index in [0.29, 0.717) is 29.4 Å². The molecule has 0 unspecified atom stereocenters. The Bertz CT molecular complexity index is 779. The first-order valence-electron chi connectivity index (χ1n) is 7.85. The van der Waals surface area contributed by atoms with Crippen molar-refractivity contribution in [2.45, 2.75) is 6.42 Å². The number of anilines is 2. The van der Waals surface area contributed by atoms with Gasteiger partial charge in [0.1, 0.15) is 11.5 Å². The van der Waals surface area contributed by atoms with Gasteiger partial charge >= 0.3 is 0 Å². The van der Waals surface area contributed by atoms with Crippen LogP contribution in [0.25, 0.3) is 0 Å². The molecule has 130 valence electrons. The van der Waals surface area contributed by atoms with Crippen LogP contribution in [0.5, 0.6) is 11.5 Å². The maximum atomic E-state index is 12.4. The molecule has 2 heterocycles. The van der Waals surface area contributed by atoms with Crippen LogP contribution in [0.1, 0.15) is 6.42 Å². The van der Waals surface area contributed by atoms with Crippen LogP contribution in [0.2, 0.25) is 0 Å². The zero-order valence-corrected chi connectivity index (χ0v) is 14.1. The highest BCUT2D eigenvalue weighted by atomic mass is 16.5. The van der Waals surface area contributed by atoms with Crippen LogP contribution < -0.4 is 19.7 Å². The van der Waals surface area contributed by atoms with Gasteiger partial charge in [-0.05, 0) is 24.3 Å². The highest BCUT2D eigenvalue weighted by Gasteiger charge is 2.36. The molecule has 0 spiro atoms. The quantitative estimate of drug-likeness (QED) is 0.901. The van der Waals surface area contributed by atoms with E-state index in [1.807, 2.05) is 0 Å². The summed E-state index contributed by atoms with van der Waals surface area (Å²) in [6.07, 6.45) is 3.35. The molecule has 2 amide bonds. The molecule has 2 aromatic rings. The maximum absolute atomic E-state index is 12.4. The Morgan fingerprint density at radius 1 is 1.20 bits per heavy atom. The van der Waals surface area contributed by atoms with E-state index in [0.717, 1.165) is 0 Å². The van der Waals surface area contributed by atoms with E-state index in [1.165, 1.54) is 0 Å². The van der Waals surface area contributed by atoms with Gasteiger partial charge in [0.15, 0.2) is 0 Å². The summed E-state index contributed by atoms with van der Waals surface area (Å²) in [4.78, 5) is 30.4. The number of pyridine rings is 1. The lowest BCUT2D eigenvalue weighted by Crippen LogP contribution is -2.28. The van der Waals surface area contributed by atoms with E-state index in [1.54, 1.807) is 61.8 Å². The van der Waals surface area contributed by atoms with Gasteiger partial charge in [0.25, 0.3) is 0 Å². The lowest BCUT2D eigenvalue weighted by atomic mass is 10.1. The molecule has 7 heteroatoms. The second-order valence-corrected chi connectivity index (χ2v) is 5.67. The fourth-order valence-corrected chi connectivity index (χ4v) is 2.80. The van der Waals surface area contributed by atoms with Crippen LogP contribution in [0.15, 0.2) is 42.7 Å². The number of methoxy groups -OCH3 is 2. The number of aromatic nitrogens is 1. The molecule has 1 aliphatic heterocycles. The first kappa shape index (κ1) is 16.8. The van der Waals surface area contributed by atoms with Crippen LogP contribution in [0.3, 0.4) is 0 Å². The maximum Gasteiger partial charge on any atom is 0.229 e. The van der Waals surface area contributed by atoms with Gasteiger partial charge in [0, 0.05) is 37.1 Å². The number of carbonyl (C=O) groups is 2. The van der Waals surface area contributed by atoms with Crippen molar-refractivity contribution in [3.05, 3.63) is 42.7 Å². The molecule has 1 atom stereocenters. The third kappa shape index (κ3) is 3.55. The molecule has 0 bridgehead atoms.